The third kappa shape index (κ3) is 4.92. The van der Waals surface area contributed by atoms with Gasteiger partial charge in [-0.25, -0.2) is 4.79 Å². The molecule has 9 nitrogen and oxygen atoms in total. The number of rotatable bonds is 7. The number of nitrogens with zero attached hydrogens (tertiary/aromatic N) is 1. The largest absolute Gasteiger partial charge is 0.481 e. The number of carbonyl (C=O) groups excluding carboxylic acids is 2. The van der Waals surface area contributed by atoms with E-state index < -0.39 is 48.3 Å². The van der Waals surface area contributed by atoms with E-state index in [2.05, 4.69) is 5.32 Å². The zero-order valence-corrected chi connectivity index (χ0v) is 13.2. The van der Waals surface area contributed by atoms with E-state index >= 15 is 0 Å². The molecule has 0 bridgehead atoms. The third-order valence-corrected chi connectivity index (χ3v) is 3.78. The van der Waals surface area contributed by atoms with Gasteiger partial charge in [-0.2, -0.15) is 0 Å². The maximum Gasteiger partial charge on any atom is 0.326 e. The highest BCUT2D eigenvalue weighted by Crippen LogP contribution is 2.20. The van der Waals surface area contributed by atoms with Crippen molar-refractivity contribution in [1.82, 2.24) is 10.2 Å². The molecular formula is C14H23N3O6. The zero-order chi connectivity index (χ0) is 17.7. The first-order chi connectivity index (χ1) is 10.6. The van der Waals surface area contributed by atoms with Gasteiger partial charge in [0.05, 0.1) is 12.5 Å². The first kappa shape index (κ1) is 18.9. The van der Waals surface area contributed by atoms with E-state index in [0.29, 0.717) is 19.4 Å². The quantitative estimate of drug-likeness (QED) is 0.468. The molecule has 3 unspecified atom stereocenters. The van der Waals surface area contributed by atoms with Crippen molar-refractivity contribution in [3.8, 4) is 0 Å². The van der Waals surface area contributed by atoms with Gasteiger partial charge in [0.2, 0.25) is 11.8 Å². The molecular weight excluding hydrogens is 306 g/mol. The molecule has 1 aliphatic heterocycles. The molecule has 130 valence electrons. The van der Waals surface area contributed by atoms with Crippen LogP contribution in [0.15, 0.2) is 0 Å². The van der Waals surface area contributed by atoms with E-state index in [1.165, 1.54) is 4.90 Å². The van der Waals surface area contributed by atoms with Crippen molar-refractivity contribution in [3.63, 3.8) is 0 Å². The zero-order valence-electron chi connectivity index (χ0n) is 13.2. The minimum Gasteiger partial charge on any atom is -0.481 e. The van der Waals surface area contributed by atoms with Crippen LogP contribution in [-0.4, -0.2) is 63.5 Å². The average molecular weight is 329 g/mol. The number of amides is 2. The fourth-order valence-corrected chi connectivity index (χ4v) is 2.52. The summed E-state index contributed by atoms with van der Waals surface area (Å²) in [6, 6.07) is -3.11. The van der Waals surface area contributed by atoms with Gasteiger partial charge in [-0.15, -0.1) is 0 Å². The van der Waals surface area contributed by atoms with Crippen LogP contribution in [-0.2, 0) is 19.2 Å². The smallest absolute Gasteiger partial charge is 0.326 e. The Morgan fingerprint density at radius 1 is 1.26 bits per heavy atom. The molecule has 1 fully saturated rings. The molecule has 1 heterocycles. The van der Waals surface area contributed by atoms with Crippen LogP contribution >= 0.6 is 0 Å². The Morgan fingerprint density at radius 3 is 2.35 bits per heavy atom. The monoisotopic (exact) mass is 329 g/mol. The Labute approximate surface area is 133 Å². The lowest BCUT2D eigenvalue weighted by atomic mass is 10.0. The number of hydrogen-bond donors (Lipinski definition) is 4. The molecule has 5 N–H and O–H groups in total. The molecule has 0 saturated carbocycles. The van der Waals surface area contributed by atoms with E-state index in [9.17, 15) is 19.2 Å². The third-order valence-electron chi connectivity index (χ3n) is 3.78. The summed E-state index contributed by atoms with van der Waals surface area (Å²) < 4.78 is 0. The van der Waals surface area contributed by atoms with Gasteiger partial charge >= 0.3 is 11.9 Å². The predicted octanol–water partition coefficient (Wildman–Crippen LogP) is -0.995. The number of hydrogen-bond acceptors (Lipinski definition) is 5. The Kier molecular flexibility index (Phi) is 6.49. The summed E-state index contributed by atoms with van der Waals surface area (Å²) in [6.45, 7) is 3.73. The Balaban J connectivity index is 2.81. The van der Waals surface area contributed by atoms with E-state index in [4.69, 9.17) is 15.9 Å². The number of aliphatic carboxylic acids is 2. The highest BCUT2D eigenvalue weighted by molar-refractivity contribution is 5.93. The van der Waals surface area contributed by atoms with Crippen LogP contribution in [0, 0.1) is 5.92 Å². The second-order valence-electron chi connectivity index (χ2n) is 5.96. The van der Waals surface area contributed by atoms with E-state index in [1.807, 2.05) is 0 Å². The lowest BCUT2D eigenvalue weighted by Crippen LogP contribution is -2.56. The number of nitrogens with two attached hydrogens (primary N) is 1. The number of carbonyl (C=O) groups is 4. The molecule has 2 amide bonds. The van der Waals surface area contributed by atoms with E-state index in [0.717, 1.165) is 0 Å². The number of nitrogens with one attached hydrogen (secondary N) is 1. The summed E-state index contributed by atoms with van der Waals surface area (Å²) in [4.78, 5) is 47.5. The summed E-state index contributed by atoms with van der Waals surface area (Å²) in [5.41, 5.74) is 5.48. The predicted molar refractivity (Wildman–Crippen MR) is 79.4 cm³/mol. The molecule has 1 saturated heterocycles. The Morgan fingerprint density at radius 2 is 1.87 bits per heavy atom. The van der Waals surface area contributed by atoms with Crippen molar-refractivity contribution in [2.75, 3.05) is 6.54 Å². The second-order valence-corrected chi connectivity index (χ2v) is 5.96. The Hall–Kier alpha value is -2.16. The molecule has 1 rings (SSSR count). The van der Waals surface area contributed by atoms with Gasteiger partial charge in [0.25, 0.3) is 0 Å². The molecule has 9 heteroatoms. The fourth-order valence-electron chi connectivity index (χ4n) is 2.52. The van der Waals surface area contributed by atoms with Crippen molar-refractivity contribution < 1.29 is 29.4 Å². The second kappa shape index (κ2) is 7.91. The van der Waals surface area contributed by atoms with Gasteiger partial charge in [0.15, 0.2) is 0 Å². The van der Waals surface area contributed by atoms with Gasteiger partial charge in [-0.3, -0.25) is 14.4 Å². The molecule has 3 atom stereocenters. The van der Waals surface area contributed by atoms with E-state index in [-0.39, 0.29) is 5.92 Å². The first-order valence-electron chi connectivity index (χ1n) is 7.46. The van der Waals surface area contributed by atoms with Crippen molar-refractivity contribution >= 4 is 23.8 Å². The fraction of sp³-hybridized carbons (Fsp3) is 0.714. The van der Waals surface area contributed by atoms with Crippen LogP contribution < -0.4 is 11.1 Å². The molecule has 1 aliphatic rings. The molecule has 0 spiro atoms. The number of carboxylic acids is 2. The van der Waals surface area contributed by atoms with Gasteiger partial charge < -0.3 is 26.2 Å². The normalized spacial score (nSPS) is 20.2. The molecule has 23 heavy (non-hydrogen) atoms. The van der Waals surface area contributed by atoms with E-state index in [1.54, 1.807) is 13.8 Å². The minimum absolute atomic E-state index is 0.293. The maximum atomic E-state index is 12.6. The summed E-state index contributed by atoms with van der Waals surface area (Å²) >= 11 is 0. The van der Waals surface area contributed by atoms with Gasteiger partial charge in [0.1, 0.15) is 12.1 Å². The lowest BCUT2D eigenvalue weighted by molar-refractivity contribution is -0.150. The van der Waals surface area contributed by atoms with Crippen molar-refractivity contribution in [1.29, 1.82) is 0 Å². The van der Waals surface area contributed by atoms with Crippen molar-refractivity contribution in [3.05, 3.63) is 0 Å². The maximum absolute atomic E-state index is 12.6. The van der Waals surface area contributed by atoms with Crippen LogP contribution in [0.25, 0.3) is 0 Å². The molecule has 0 aliphatic carbocycles. The van der Waals surface area contributed by atoms with Crippen molar-refractivity contribution in [2.24, 2.45) is 11.7 Å². The SMILES string of the molecule is CC(C)C(NC(=O)C(N)CC(=O)O)C(=O)N1CCCC1C(=O)O. The number of carboxylic acid groups (broad SMARTS) is 2. The highest BCUT2D eigenvalue weighted by atomic mass is 16.4. The summed E-state index contributed by atoms with van der Waals surface area (Å²) in [5.74, 6) is -3.82. The first-order valence-corrected chi connectivity index (χ1v) is 7.46. The standard InChI is InChI=1S/C14H23N3O6/c1-7(2)11(16-12(20)8(15)6-10(18)19)13(21)17-5-3-4-9(17)14(22)23/h7-9,11H,3-6,15H2,1-2H3,(H,16,20)(H,18,19)(H,22,23). The lowest BCUT2D eigenvalue weighted by Gasteiger charge is -2.30. The van der Waals surface area contributed by atoms with Crippen LogP contribution in [0.4, 0.5) is 0 Å². The average Bonchev–Trinajstić information content (AvgIpc) is 2.92. The summed E-state index contributed by atoms with van der Waals surface area (Å²) in [6.07, 6.45) is 0.407. The van der Waals surface area contributed by atoms with Crippen molar-refractivity contribution in [2.45, 2.75) is 51.2 Å². The molecule has 0 aromatic carbocycles. The Bertz CT molecular complexity index is 493. The highest BCUT2D eigenvalue weighted by Gasteiger charge is 2.39. The topological polar surface area (TPSA) is 150 Å². The van der Waals surface area contributed by atoms with Crippen LogP contribution in [0.2, 0.25) is 0 Å². The number of likely N-dealkylation sites (tertiary alicyclic amines) is 1. The van der Waals surface area contributed by atoms with Crippen LogP contribution in [0.3, 0.4) is 0 Å². The van der Waals surface area contributed by atoms with Crippen LogP contribution in [0.1, 0.15) is 33.1 Å². The summed E-state index contributed by atoms with van der Waals surface area (Å²) in [7, 11) is 0. The summed E-state index contributed by atoms with van der Waals surface area (Å²) in [5, 5.41) is 20.3. The minimum atomic E-state index is -1.27. The van der Waals surface area contributed by atoms with Gasteiger partial charge in [-0.05, 0) is 18.8 Å². The molecule has 0 aromatic rings. The molecule has 0 aromatic heterocycles. The van der Waals surface area contributed by atoms with Crippen LogP contribution in [0.5, 0.6) is 0 Å². The van der Waals surface area contributed by atoms with Gasteiger partial charge in [-0.1, -0.05) is 13.8 Å². The van der Waals surface area contributed by atoms with Gasteiger partial charge in [0, 0.05) is 6.54 Å². The molecule has 0 radical (unpaired) electrons.